The standard InChI is InChI=1S/C33H40N4O3Si/c1-25-29(37-23-19-31(38)35-32(37)39)15-16-30(34-25)36-21-17-26(18-22-36)20-24-40-41(33(2,3)4,27-11-7-5-8-12-27)28-13-9-6-10-14-28/h5-16,19,23,26H,17-18,20-22,24H2,1-4H3,(H,35,38,39). The number of aromatic nitrogens is 3. The van der Waals surface area contributed by atoms with Gasteiger partial charge in [-0.2, -0.15) is 0 Å². The molecule has 0 atom stereocenters. The van der Waals surface area contributed by atoms with Gasteiger partial charge in [0.05, 0.1) is 11.4 Å². The predicted molar refractivity (Wildman–Crippen MR) is 168 cm³/mol. The second-order valence-corrected chi connectivity index (χ2v) is 16.3. The number of anilines is 1. The number of hydrogen-bond acceptors (Lipinski definition) is 5. The maximum atomic E-state index is 12.2. The van der Waals surface area contributed by atoms with Gasteiger partial charge < -0.3 is 9.33 Å². The van der Waals surface area contributed by atoms with E-state index in [1.807, 2.05) is 19.1 Å². The average molecular weight is 569 g/mol. The minimum Gasteiger partial charge on any atom is -0.407 e. The highest BCUT2D eigenvalue weighted by Gasteiger charge is 2.50. The molecule has 4 aromatic rings. The van der Waals surface area contributed by atoms with Crippen LogP contribution in [0.25, 0.3) is 5.69 Å². The average Bonchev–Trinajstić information content (AvgIpc) is 2.96. The summed E-state index contributed by atoms with van der Waals surface area (Å²) in [4.78, 5) is 33.1. The lowest BCUT2D eigenvalue weighted by Gasteiger charge is -2.43. The molecule has 0 spiro atoms. The van der Waals surface area contributed by atoms with Crippen molar-refractivity contribution in [3.05, 3.63) is 112 Å². The Bertz CT molecular complexity index is 1530. The Labute approximate surface area is 243 Å². The fourth-order valence-electron chi connectivity index (χ4n) is 6.17. The van der Waals surface area contributed by atoms with Gasteiger partial charge in [-0.1, -0.05) is 81.4 Å². The summed E-state index contributed by atoms with van der Waals surface area (Å²) >= 11 is 0. The Hall–Kier alpha value is -3.75. The molecule has 1 saturated heterocycles. The molecule has 0 aliphatic carbocycles. The predicted octanol–water partition coefficient (Wildman–Crippen LogP) is 4.41. The SMILES string of the molecule is Cc1nc(N2CCC(CCO[Si](c3ccccc3)(c3ccccc3)C(C)(C)C)CC2)ccc1-n1ccc(=O)[nH]c1=O. The largest absolute Gasteiger partial charge is 0.407 e. The van der Waals surface area contributed by atoms with Crippen LogP contribution in [0.5, 0.6) is 0 Å². The molecule has 2 aromatic heterocycles. The van der Waals surface area contributed by atoms with Crippen LogP contribution in [0.1, 0.15) is 45.7 Å². The lowest BCUT2D eigenvalue weighted by atomic mass is 9.94. The lowest BCUT2D eigenvalue weighted by molar-refractivity contribution is 0.246. The van der Waals surface area contributed by atoms with E-state index < -0.39 is 19.6 Å². The molecule has 8 heteroatoms. The zero-order valence-corrected chi connectivity index (χ0v) is 25.5. The second kappa shape index (κ2) is 12.0. The third kappa shape index (κ3) is 5.99. The van der Waals surface area contributed by atoms with Gasteiger partial charge in [-0.05, 0) is 59.6 Å². The molecule has 0 saturated carbocycles. The van der Waals surface area contributed by atoms with E-state index in [9.17, 15) is 9.59 Å². The third-order valence-electron chi connectivity index (χ3n) is 8.33. The Morgan fingerprint density at radius 1 is 0.902 bits per heavy atom. The first-order chi connectivity index (χ1) is 19.7. The topological polar surface area (TPSA) is 80.2 Å². The van der Waals surface area contributed by atoms with Gasteiger partial charge in [-0.3, -0.25) is 14.3 Å². The maximum absolute atomic E-state index is 12.2. The number of nitrogens with zero attached hydrogens (tertiary/aromatic N) is 3. The van der Waals surface area contributed by atoms with Crippen LogP contribution in [0.2, 0.25) is 5.04 Å². The summed E-state index contributed by atoms with van der Waals surface area (Å²) < 4.78 is 8.55. The zero-order valence-electron chi connectivity index (χ0n) is 24.5. The van der Waals surface area contributed by atoms with Crippen LogP contribution in [-0.2, 0) is 4.43 Å². The fourth-order valence-corrected chi connectivity index (χ4v) is 10.7. The van der Waals surface area contributed by atoms with Gasteiger partial charge in [0.1, 0.15) is 5.82 Å². The lowest BCUT2D eigenvalue weighted by Crippen LogP contribution is -2.66. The number of H-pyrrole nitrogens is 1. The minimum atomic E-state index is -2.51. The van der Waals surface area contributed by atoms with E-state index in [-0.39, 0.29) is 5.04 Å². The highest BCUT2D eigenvalue weighted by Crippen LogP contribution is 2.37. The first-order valence-electron chi connectivity index (χ1n) is 14.5. The smallest absolute Gasteiger partial charge is 0.332 e. The molecule has 2 aromatic carbocycles. The Morgan fingerprint density at radius 2 is 1.51 bits per heavy atom. The van der Waals surface area contributed by atoms with Crippen molar-refractivity contribution in [2.45, 2.75) is 52.0 Å². The van der Waals surface area contributed by atoms with Gasteiger partial charge >= 0.3 is 5.69 Å². The summed E-state index contributed by atoms with van der Waals surface area (Å²) in [6.07, 6.45) is 4.71. The van der Waals surface area contributed by atoms with Crippen molar-refractivity contribution in [2.24, 2.45) is 5.92 Å². The summed E-state index contributed by atoms with van der Waals surface area (Å²) in [5, 5.41) is 2.62. The Morgan fingerprint density at radius 3 is 2.05 bits per heavy atom. The number of nitrogens with one attached hydrogen (secondary N) is 1. The highest BCUT2D eigenvalue weighted by molar-refractivity contribution is 6.99. The van der Waals surface area contributed by atoms with Crippen molar-refractivity contribution in [1.29, 1.82) is 0 Å². The van der Waals surface area contributed by atoms with Crippen LogP contribution in [0.4, 0.5) is 5.82 Å². The summed E-state index contributed by atoms with van der Waals surface area (Å²) in [6.45, 7) is 11.5. The molecule has 0 unspecified atom stereocenters. The number of aryl methyl sites for hydroxylation is 1. The van der Waals surface area contributed by atoms with E-state index in [2.05, 4.69) is 91.3 Å². The van der Waals surface area contributed by atoms with Crippen molar-refractivity contribution in [1.82, 2.24) is 14.5 Å². The maximum Gasteiger partial charge on any atom is 0.332 e. The molecule has 3 heterocycles. The van der Waals surface area contributed by atoms with Gasteiger partial charge in [0.2, 0.25) is 0 Å². The fraction of sp³-hybridized carbons (Fsp3) is 0.364. The first kappa shape index (κ1) is 28.8. The molecule has 1 aliphatic heterocycles. The van der Waals surface area contributed by atoms with Crippen LogP contribution in [-0.4, -0.2) is 42.5 Å². The van der Waals surface area contributed by atoms with Crippen LogP contribution in [0.15, 0.2) is 94.6 Å². The number of rotatable bonds is 8. The van der Waals surface area contributed by atoms with Crippen LogP contribution >= 0.6 is 0 Å². The number of piperidine rings is 1. The molecule has 1 N–H and O–H groups in total. The van der Waals surface area contributed by atoms with Gasteiger partial charge in [-0.25, -0.2) is 9.78 Å². The number of benzene rings is 2. The molecule has 5 rings (SSSR count). The van der Waals surface area contributed by atoms with Crippen LogP contribution in [0.3, 0.4) is 0 Å². The normalized spacial score (nSPS) is 14.8. The summed E-state index contributed by atoms with van der Waals surface area (Å²) in [6, 6.07) is 26.9. The van der Waals surface area contributed by atoms with Gasteiger partial charge in [0.15, 0.2) is 0 Å². The summed E-state index contributed by atoms with van der Waals surface area (Å²) in [5.41, 5.74) is 0.549. The Kier molecular flexibility index (Phi) is 8.42. The molecule has 1 fully saturated rings. The molecular formula is C33H40N4O3Si. The van der Waals surface area contributed by atoms with E-state index in [0.29, 0.717) is 11.6 Å². The second-order valence-electron chi connectivity index (χ2n) is 12.0. The Balaban J connectivity index is 1.25. The molecular weight excluding hydrogens is 528 g/mol. The van der Waals surface area contributed by atoms with Crippen molar-refractivity contribution in [3.8, 4) is 5.69 Å². The van der Waals surface area contributed by atoms with E-state index in [0.717, 1.165) is 50.5 Å². The van der Waals surface area contributed by atoms with Crippen molar-refractivity contribution in [3.63, 3.8) is 0 Å². The van der Waals surface area contributed by atoms with Gasteiger partial charge in [0, 0.05) is 32.0 Å². The van der Waals surface area contributed by atoms with Gasteiger partial charge in [-0.15, -0.1) is 0 Å². The van der Waals surface area contributed by atoms with Crippen LogP contribution < -0.4 is 26.5 Å². The van der Waals surface area contributed by atoms with Gasteiger partial charge in [0.25, 0.3) is 13.9 Å². The minimum absolute atomic E-state index is 0.0189. The van der Waals surface area contributed by atoms with Crippen molar-refractivity contribution >= 4 is 24.5 Å². The number of aromatic amines is 1. The quantitative estimate of drug-likeness (QED) is 0.319. The molecule has 0 radical (unpaired) electrons. The van der Waals surface area contributed by atoms with Crippen molar-refractivity contribution in [2.75, 3.05) is 24.6 Å². The molecule has 0 amide bonds. The molecule has 41 heavy (non-hydrogen) atoms. The molecule has 214 valence electrons. The zero-order chi connectivity index (χ0) is 29.0. The molecule has 0 bridgehead atoms. The monoisotopic (exact) mass is 568 g/mol. The molecule has 7 nitrogen and oxygen atoms in total. The number of hydrogen-bond donors (Lipinski definition) is 1. The van der Waals surface area contributed by atoms with E-state index in [1.165, 1.54) is 27.2 Å². The molecule has 1 aliphatic rings. The number of pyridine rings is 1. The van der Waals surface area contributed by atoms with E-state index in [1.54, 1.807) is 0 Å². The van der Waals surface area contributed by atoms with E-state index >= 15 is 0 Å². The highest BCUT2D eigenvalue weighted by atomic mass is 28.4. The van der Waals surface area contributed by atoms with Crippen LogP contribution in [0, 0.1) is 12.8 Å². The summed E-state index contributed by atoms with van der Waals surface area (Å²) in [7, 11) is -2.51. The van der Waals surface area contributed by atoms with E-state index in [4.69, 9.17) is 9.41 Å². The first-order valence-corrected chi connectivity index (χ1v) is 16.4. The van der Waals surface area contributed by atoms with Crippen molar-refractivity contribution < 1.29 is 4.43 Å². The summed E-state index contributed by atoms with van der Waals surface area (Å²) in [5.74, 6) is 1.52. The third-order valence-corrected chi connectivity index (χ3v) is 13.4.